The van der Waals surface area contributed by atoms with Crippen LogP contribution in [0.5, 0.6) is 0 Å². The Morgan fingerprint density at radius 2 is 0.745 bits per heavy atom. The summed E-state index contributed by atoms with van der Waals surface area (Å²) in [5.41, 5.74) is 0. The normalized spacial score (nSPS) is 13.9. The predicted molar refractivity (Wildman–Crippen MR) is 212 cm³/mol. The van der Waals surface area contributed by atoms with E-state index in [0.29, 0.717) is 6.42 Å². The van der Waals surface area contributed by atoms with E-state index in [1.54, 1.807) is 7.05 Å². The quantitative estimate of drug-likeness (QED) is 0.0367. The first kappa shape index (κ1) is 49.8. The Bertz CT molecular complexity index is 767. The van der Waals surface area contributed by atoms with Gasteiger partial charge in [0.25, 0.3) is 0 Å². The Morgan fingerprint density at radius 1 is 0.451 bits per heavy atom. The van der Waals surface area contributed by atoms with Crippen LogP contribution < -0.4 is 0 Å². The van der Waals surface area contributed by atoms with Crippen molar-refractivity contribution in [3.05, 3.63) is 0 Å². The zero-order valence-corrected chi connectivity index (χ0v) is 33.8. The summed E-state index contributed by atoms with van der Waals surface area (Å²) in [6.07, 6.45) is 31.8. The Morgan fingerprint density at radius 3 is 1.10 bits per heavy atom. The summed E-state index contributed by atoms with van der Waals surface area (Å²) in [7, 11) is 1.56. The predicted octanol–water partition coefficient (Wildman–Crippen LogP) is 9.95. The smallest absolute Gasteiger partial charge is 0.305 e. The van der Waals surface area contributed by atoms with E-state index in [2.05, 4.69) is 13.8 Å². The number of hydrogen-bond donors (Lipinski definition) is 4. The van der Waals surface area contributed by atoms with Gasteiger partial charge in [-0.3, -0.25) is 9.59 Å². The molecule has 0 saturated heterocycles. The molecular formula is C43H85NO7. The molecule has 1 amide bonds. The van der Waals surface area contributed by atoms with Crippen LogP contribution in [-0.4, -0.2) is 81.8 Å². The number of carbonyl (C=O) groups excluding carboxylic acids is 2. The topological polar surface area (TPSA) is 128 Å². The third-order valence-electron chi connectivity index (χ3n) is 10.4. The van der Waals surface area contributed by atoms with Crippen LogP contribution in [0.1, 0.15) is 219 Å². The molecule has 0 heterocycles. The van der Waals surface area contributed by atoms with Gasteiger partial charge in [0.05, 0.1) is 0 Å². The average Bonchev–Trinajstić information content (AvgIpc) is 3.12. The first-order valence-electron chi connectivity index (χ1n) is 21.9. The molecule has 4 N–H and O–H groups in total. The monoisotopic (exact) mass is 728 g/mol. The van der Waals surface area contributed by atoms with Crippen molar-refractivity contribution in [3.63, 3.8) is 0 Å². The van der Waals surface area contributed by atoms with E-state index in [4.69, 9.17) is 4.74 Å². The summed E-state index contributed by atoms with van der Waals surface area (Å²) in [5.74, 6) is -0.575. The maximum absolute atomic E-state index is 12.5. The summed E-state index contributed by atoms with van der Waals surface area (Å²) in [4.78, 5) is 26.0. The molecule has 0 aliphatic heterocycles. The van der Waals surface area contributed by atoms with Crippen molar-refractivity contribution >= 4 is 11.9 Å². The van der Waals surface area contributed by atoms with Gasteiger partial charge in [0, 0.05) is 26.4 Å². The maximum Gasteiger partial charge on any atom is 0.305 e. The number of aliphatic hydroxyl groups is 4. The lowest BCUT2D eigenvalue weighted by atomic mass is 10.0. The molecule has 51 heavy (non-hydrogen) atoms. The molecule has 304 valence electrons. The number of hydrogen-bond acceptors (Lipinski definition) is 7. The lowest BCUT2D eigenvalue weighted by Crippen LogP contribution is -2.50. The van der Waals surface area contributed by atoms with Crippen molar-refractivity contribution in [2.45, 2.75) is 244 Å². The summed E-state index contributed by atoms with van der Waals surface area (Å²) < 4.78 is 5.11. The van der Waals surface area contributed by atoms with Gasteiger partial charge in [0.2, 0.25) is 5.91 Å². The molecule has 0 aromatic heterocycles. The number of aliphatic hydroxyl groups excluding tert-OH is 4. The van der Waals surface area contributed by atoms with E-state index in [1.165, 1.54) is 159 Å². The van der Waals surface area contributed by atoms with E-state index in [-0.39, 0.29) is 18.9 Å². The van der Waals surface area contributed by atoms with Gasteiger partial charge in [0.15, 0.2) is 0 Å². The molecule has 0 fully saturated rings. The van der Waals surface area contributed by atoms with Gasteiger partial charge in [-0.05, 0) is 12.8 Å². The van der Waals surface area contributed by atoms with Gasteiger partial charge in [-0.25, -0.2) is 0 Å². The number of ether oxygens (including phenoxy) is 1. The molecule has 0 aromatic carbocycles. The summed E-state index contributed by atoms with van der Waals surface area (Å²) in [6.45, 7) is 3.89. The summed E-state index contributed by atoms with van der Waals surface area (Å²) in [5, 5.41) is 41.4. The fraction of sp³-hybridized carbons (Fsp3) is 0.953. The number of carbonyl (C=O) groups is 2. The van der Waals surface area contributed by atoms with Crippen molar-refractivity contribution in [2.75, 3.05) is 20.2 Å². The van der Waals surface area contributed by atoms with Gasteiger partial charge >= 0.3 is 5.97 Å². The van der Waals surface area contributed by atoms with E-state index >= 15 is 0 Å². The van der Waals surface area contributed by atoms with Crippen LogP contribution in [0.2, 0.25) is 0 Å². The molecule has 4 atom stereocenters. The molecule has 0 aliphatic carbocycles. The van der Waals surface area contributed by atoms with Crippen LogP contribution >= 0.6 is 0 Å². The second-order valence-electron chi connectivity index (χ2n) is 15.5. The highest BCUT2D eigenvalue weighted by Crippen LogP contribution is 2.16. The number of nitrogens with zero attached hydrogens (tertiary/aromatic N) is 1. The lowest BCUT2D eigenvalue weighted by Gasteiger charge is -2.29. The third-order valence-corrected chi connectivity index (χ3v) is 10.4. The zero-order chi connectivity index (χ0) is 37.8. The Balaban J connectivity index is 3.81. The minimum Gasteiger partial charge on any atom is -0.463 e. The molecule has 0 bridgehead atoms. The first-order chi connectivity index (χ1) is 24.7. The van der Waals surface area contributed by atoms with Crippen molar-refractivity contribution in [1.82, 2.24) is 4.90 Å². The lowest BCUT2D eigenvalue weighted by molar-refractivity contribution is -0.156. The summed E-state index contributed by atoms with van der Waals surface area (Å²) in [6, 6.07) is 0. The van der Waals surface area contributed by atoms with Crippen molar-refractivity contribution in [1.29, 1.82) is 0 Å². The zero-order valence-electron chi connectivity index (χ0n) is 33.8. The van der Waals surface area contributed by atoms with Crippen LogP contribution in [-0.2, 0) is 14.3 Å². The van der Waals surface area contributed by atoms with Crippen LogP contribution in [0.15, 0.2) is 0 Å². The summed E-state index contributed by atoms with van der Waals surface area (Å²) >= 11 is 0. The van der Waals surface area contributed by atoms with E-state index in [0.717, 1.165) is 38.5 Å². The number of amides is 1. The van der Waals surface area contributed by atoms with E-state index < -0.39 is 37.0 Å². The highest BCUT2D eigenvalue weighted by molar-refractivity contribution is 5.75. The number of likely N-dealkylation sites (N-methyl/N-ethyl adjacent to an activating group) is 1. The molecule has 0 aliphatic rings. The third kappa shape index (κ3) is 32.0. The largest absolute Gasteiger partial charge is 0.463 e. The van der Waals surface area contributed by atoms with Crippen LogP contribution in [0.25, 0.3) is 0 Å². The highest BCUT2D eigenvalue weighted by Gasteiger charge is 2.32. The minimum atomic E-state index is -1.71. The highest BCUT2D eigenvalue weighted by atomic mass is 16.5. The van der Waals surface area contributed by atoms with Gasteiger partial charge in [-0.2, -0.15) is 0 Å². The number of unbranched alkanes of at least 4 members (excludes halogenated alkanes) is 28. The first-order valence-corrected chi connectivity index (χ1v) is 21.9. The van der Waals surface area contributed by atoms with Crippen molar-refractivity contribution in [2.24, 2.45) is 0 Å². The molecule has 0 aromatic rings. The Labute approximate surface area is 314 Å². The SMILES string of the molecule is CCCCCCCCCCCCCCCCCC(=O)OCC(O)C(O)C(O)C(O)CN(C)C(=O)CCCCCCCCCCCCCCCCC. The second kappa shape index (κ2) is 37.1. The molecule has 0 rings (SSSR count). The van der Waals surface area contributed by atoms with Gasteiger partial charge in [-0.1, -0.05) is 194 Å². The average molecular weight is 728 g/mol. The number of esters is 1. The molecule has 0 spiro atoms. The van der Waals surface area contributed by atoms with Gasteiger partial charge < -0.3 is 30.1 Å². The maximum atomic E-state index is 12.5. The van der Waals surface area contributed by atoms with Crippen molar-refractivity contribution in [3.8, 4) is 0 Å². The van der Waals surface area contributed by atoms with E-state index in [1.807, 2.05) is 0 Å². The second-order valence-corrected chi connectivity index (χ2v) is 15.5. The van der Waals surface area contributed by atoms with Gasteiger partial charge in [0.1, 0.15) is 31.0 Å². The number of rotatable bonds is 39. The molecule has 0 saturated carbocycles. The fourth-order valence-corrected chi connectivity index (χ4v) is 6.77. The molecule has 0 radical (unpaired) electrons. The fourth-order valence-electron chi connectivity index (χ4n) is 6.77. The molecular weight excluding hydrogens is 642 g/mol. The Kier molecular flexibility index (Phi) is 36.2. The molecule has 8 nitrogen and oxygen atoms in total. The molecule has 8 heteroatoms. The van der Waals surface area contributed by atoms with Gasteiger partial charge in [-0.15, -0.1) is 0 Å². The van der Waals surface area contributed by atoms with Crippen LogP contribution in [0, 0.1) is 0 Å². The molecule has 4 unspecified atom stereocenters. The van der Waals surface area contributed by atoms with E-state index in [9.17, 15) is 30.0 Å². The Hall–Kier alpha value is -1.22. The minimum absolute atomic E-state index is 0.126. The van der Waals surface area contributed by atoms with Crippen LogP contribution in [0.3, 0.4) is 0 Å². The van der Waals surface area contributed by atoms with Crippen LogP contribution in [0.4, 0.5) is 0 Å². The standard InChI is InChI=1S/C43H85NO7/c1-4-6-8-10-12-14-16-18-20-22-24-26-28-30-32-34-40(47)44(3)36-38(45)42(49)43(50)39(46)37-51-41(48)35-33-31-29-27-25-23-21-19-17-15-13-11-9-7-5-2/h38-39,42-43,45-46,49-50H,4-37H2,1-3H3. The van der Waals surface area contributed by atoms with Crippen molar-refractivity contribution < 1.29 is 34.8 Å².